The summed E-state index contributed by atoms with van der Waals surface area (Å²) in [7, 11) is 1.90. The Hall–Kier alpha value is -1.56. The maximum Gasteiger partial charge on any atom is 0.348 e. The summed E-state index contributed by atoms with van der Waals surface area (Å²) < 4.78 is 0. The van der Waals surface area contributed by atoms with Gasteiger partial charge in [0, 0.05) is 32.4 Å². The first-order valence-corrected chi connectivity index (χ1v) is 5.74. The molecule has 16 heavy (non-hydrogen) atoms. The molecule has 0 saturated carbocycles. The van der Waals surface area contributed by atoms with Gasteiger partial charge in [-0.1, -0.05) is 0 Å². The molecular weight excluding hydrogens is 228 g/mol. The molecule has 1 aromatic heterocycles. The first-order chi connectivity index (χ1) is 7.52. The van der Waals surface area contributed by atoms with Crippen molar-refractivity contribution in [3.05, 3.63) is 10.3 Å². The molecule has 0 fully saturated rings. The second-order valence-electron chi connectivity index (χ2n) is 3.70. The van der Waals surface area contributed by atoms with Gasteiger partial charge in [-0.2, -0.15) is 0 Å². The summed E-state index contributed by atoms with van der Waals surface area (Å²) in [4.78, 5) is 26.3. The highest BCUT2D eigenvalue weighted by atomic mass is 32.1. The average Bonchev–Trinajstić information content (AvgIpc) is 2.62. The molecular formula is C10H12N2O3S. The normalized spacial score (nSPS) is 14.9. The minimum atomic E-state index is -0.979. The van der Waals surface area contributed by atoms with Crippen LogP contribution < -0.4 is 9.80 Å². The highest BCUT2D eigenvalue weighted by Gasteiger charge is 2.30. The maximum atomic E-state index is 11.5. The largest absolute Gasteiger partial charge is 0.477 e. The van der Waals surface area contributed by atoms with Crippen molar-refractivity contribution in [1.29, 1.82) is 0 Å². The van der Waals surface area contributed by atoms with E-state index in [0.717, 1.165) is 23.6 Å². The van der Waals surface area contributed by atoms with Crippen LogP contribution in [0.4, 0.5) is 11.4 Å². The number of anilines is 2. The molecule has 1 amide bonds. The van der Waals surface area contributed by atoms with Gasteiger partial charge in [-0.3, -0.25) is 4.79 Å². The van der Waals surface area contributed by atoms with E-state index in [4.69, 9.17) is 5.11 Å². The molecule has 5 nitrogen and oxygen atoms in total. The van der Waals surface area contributed by atoms with Crippen LogP contribution in [0.15, 0.2) is 5.38 Å². The smallest absolute Gasteiger partial charge is 0.348 e. The van der Waals surface area contributed by atoms with Crippen molar-refractivity contribution in [3.63, 3.8) is 0 Å². The molecule has 0 spiro atoms. The van der Waals surface area contributed by atoms with E-state index in [-0.39, 0.29) is 10.8 Å². The van der Waals surface area contributed by atoms with Gasteiger partial charge in [-0.25, -0.2) is 4.79 Å². The minimum Gasteiger partial charge on any atom is -0.477 e. The lowest BCUT2D eigenvalue weighted by atomic mass is 10.2. The van der Waals surface area contributed by atoms with Crippen LogP contribution in [0.25, 0.3) is 0 Å². The molecule has 2 rings (SSSR count). The number of nitrogens with zero attached hydrogens (tertiary/aromatic N) is 2. The van der Waals surface area contributed by atoms with Gasteiger partial charge in [0.25, 0.3) is 0 Å². The molecule has 0 atom stereocenters. The van der Waals surface area contributed by atoms with Gasteiger partial charge in [0.15, 0.2) is 0 Å². The molecule has 2 heterocycles. The zero-order valence-corrected chi connectivity index (χ0v) is 9.87. The number of carbonyl (C=O) groups excluding carboxylic acids is 1. The van der Waals surface area contributed by atoms with Crippen LogP contribution in [-0.2, 0) is 4.79 Å². The minimum absolute atomic E-state index is 0.116. The molecule has 1 N–H and O–H groups in total. The summed E-state index contributed by atoms with van der Waals surface area (Å²) in [5.41, 5.74) is 1.36. The number of rotatable bonds is 1. The number of likely N-dealkylation sites (N-methyl/N-ethyl adjacent to an activating group) is 1. The predicted octanol–water partition coefficient (Wildman–Crippen LogP) is 1.25. The summed E-state index contributed by atoms with van der Waals surface area (Å²) in [5, 5.41) is 10.9. The van der Waals surface area contributed by atoms with E-state index in [1.54, 1.807) is 5.38 Å². The van der Waals surface area contributed by atoms with E-state index in [2.05, 4.69) is 0 Å². The molecule has 1 aliphatic heterocycles. The summed E-state index contributed by atoms with van der Waals surface area (Å²) in [6.07, 6.45) is 0. The number of amides is 1. The van der Waals surface area contributed by atoms with Gasteiger partial charge in [-0.15, -0.1) is 11.3 Å². The SMILES string of the molecule is CC(=O)N1CCN(C)c2csc(C(=O)O)c21. The Morgan fingerprint density at radius 3 is 2.69 bits per heavy atom. The molecule has 0 saturated heterocycles. The van der Waals surface area contributed by atoms with Crippen molar-refractivity contribution < 1.29 is 14.7 Å². The first-order valence-electron chi connectivity index (χ1n) is 4.86. The molecule has 86 valence electrons. The topological polar surface area (TPSA) is 60.9 Å². The Bertz CT molecular complexity index is 455. The Morgan fingerprint density at radius 1 is 1.44 bits per heavy atom. The van der Waals surface area contributed by atoms with Crippen LogP contribution in [0.3, 0.4) is 0 Å². The Kier molecular flexibility index (Phi) is 2.59. The number of carboxylic acids is 1. The van der Waals surface area contributed by atoms with Crippen LogP contribution in [0.5, 0.6) is 0 Å². The van der Waals surface area contributed by atoms with Crippen molar-refractivity contribution in [2.75, 3.05) is 29.9 Å². The van der Waals surface area contributed by atoms with Crippen molar-refractivity contribution in [3.8, 4) is 0 Å². The molecule has 1 aromatic rings. The van der Waals surface area contributed by atoms with Gasteiger partial charge in [0.1, 0.15) is 4.88 Å². The van der Waals surface area contributed by atoms with Gasteiger partial charge in [-0.05, 0) is 0 Å². The Balaban J connectivity index is 2.56. The number of fused-ring (bicyclic) bond motifs is 1. The third-order valence-electron chi connectivity index (χ3n) is 2.66. The van der Waals surface area contributed by atoms with Crippen molar-refractivity contribution >= 4 is 34.6 Å². The molecule has 0 aromatic carbocycles. The van der Waals surface area contributed by atoms with E-state index in [1.165, 1.54) is 11.8 Å². The van der Waals surface area contributed by atoms with Gasteiger partial charge < -0.3 is 14.9 Å². The van der Waals surface area contributed by atoms with E-state index in [1.807, 2.05) is 11.9 Å². The average molecular weight is 240 g/mol. The lowest BCUT2D eigenvalue weighted by Gasteiger charge is -2.33. The molecule has 0 aliphatic carbocycles. The highest BCUT2D eigenvalue weighted by Crippen LogP contribution is 2.40. The molecule has 6 heteroatoms. The summed E-state index contributed by atoms with van der Waals surface area (Å²) in [5.74, 6) is -1.09. The third kappa shape index (κ3) is 1.55. The van der Waals surface area contributed by atoms with Crippen LogP contribution in [0, 0.1) is 0 Å². The third-order valence-corrected chi connectivity index (χ3v) is 3.61. The van der Waals surface area contributed by atoms with Crippen LogP contribution in [-0.4, -0.2) is 37.1 Å². The standard InChI is InChI=1S/C10H12N2O3S/c1-6(13)12-4-3-11(2)7-5-16-9(8(7)12)10(14)15/h5H,3-4H2,1-2H3,(H,14,15). The number of hydrogen-bond acceptors (Lipinski definition) is 4. The van der Waals surface area contributed by atoms with Crippen molar-refractivity contribution in [2.45, 2.75) is 6.92 Å². The Morgan fingerprint density at radius 2 is 2.12 bits per heavy atom. The summed E-state index contributed by atoms with van der Waals surface area (Å²) >= 11 is 1.16. The lowest BCUT2D eigenvalue weighted by Crippen LogP contribution is -2.41. The van der Waals surface area contributed by atoms with Crippen LogP contribution >= 0.6 is 11.3 Å². The number of hydrogen-bond donors (Lipinski definition) is 1. The van der Waals surface area contributed by atoms with Gasteiger partial charge >= 0.3 is 5.97 Å². The van der Waals surface area contributed by atoms with E-state index in [9.17, 15) is 9.59 Å². The summed E-state index contributed by atoms with van der Waals surface area (Å²) in [6.45, 7) is 2.72. The second kappa shape index (κ2) is 3.79. The van der Waals surface area contributed by atoms with Crippen molar-refractivity contribution in [2.24, 2.45) is 0 Å². The van der Waals surface area contributed by atoms with Crippen molar-refractivity contribution in [1.82, 2.24) is 0 Å². The fraction of sp³-hybridized carbons (Fsp3) is 0.400. The quantitative estimate of drug-likeness (QED) is 0.802. The molecule has 0 unspecified atom stereocenters. The van der Waals surface area contributed by atoms with Gasteiger partial charge in [0.2, 0.25) is 5.91 Å². The maximum absolute atomic E-state index is 11.5. The lowest BCUT2D eigenvalue weighted by molar-refractivity contribution is -0.116. The summed E-state index contributed by atoms with van der Waals surface area (Å²) in [6, 6.07) is 0. The highest BCUT2D eigenvalue weighted by molar-refractivity contribution is 7.13. The van der Waals surface area contributed by atoms with E-state index in [0.29, 0.717) is 12.2 Å². The van der Waals surface area contributed by atoms with Gasteiger partial charge in [0.05, 0.1) is 11.4 Å². The number of aromatic carboxylic acids is 1. The Labute approximate surface area is 96.9 Å². The van der Waals surface area contributed by atoms with Crippen LogP contribution in [0.1, 0.15) is 16.6 Å². The molecule has 1 aliphatic rings. The first kappa shape index (κ1) is 10.9. The number of carboxylic acid groups (broad SMARTS) is 1. The molecule has 0 radical (unpaired) electrons. The van der Waals surface area contributed by atoms with E-state index >= 15 is 0 Å². The zero-order valence-electron chi connectivity index (χ0n) is 9.06. The second-order valence-corrected chi connectivity index (χ2v) is 4.58. The predicted molar refractivity (Wildman–Crippen MR) is 62.6 cm³/mol. The fourth-order valence-corrected chi connectivity index (χ4v) is 2.77. The zero-order chi connectivity index (χ0) is 11.9. The number of thiophene rings is 1. The number of carbonyl (C=O) groups is 2. The van der Waals surface area contributed by atoms with E-state index < -0.39 is 5.97 Å². The monoisotopic (exact) mass is 240 g/mol. The fourth-order valence-electron chi connectivity index (χ4n) is 1.82. The molecule has 0 bridgehead atoms. The van der Waals surface area contributed by atoms with Crippen LogP contribution in [0.2, 0.25) is 0 Å².